The van der Waals surface area contributed by atoms with Crippen molar-refractivity contribution < 1.29 is 5.11 Å². The summed E-state index contributed by atoms with van der Waals surface area (Å²) >= 11 is 1.74. The van der Waals surface area contributed by atoms with Crippen molar-refractivity contribution in [2.24, 2.45) is 0 Å². The molecule has 5 rings (SSSR count). The number of aromatic amines is 1. The average molecular weight is 359 g/mol. The highest BCUT2D eigenvalue weighted by atomic mass is 32.1. The number of nitrogens with one attached hydrogen (secondary N) is 2. The summed E-state index contributed by atoms with van der Waals surface area (Å²) in [5.41, 5.74) is 2.93. The lowest BCUT2D eigenvalue weighted by Crippen LogP contribution is -1.94. The molecular formula is C19H13N5OS. The third kappa shape index (κ3) is 2.55. The first-order chi connectivity index (χ1) is 12.8. The Morgan fingerprint density at radius 1 is 1.04 bits per heavy atom. The highest BCUT2D eigenvalue weighted by Crippen LogP contribution is 2.38. The van der Waals surface area contributed by atoms with Crippen LogP contribution in [-0.4, -0.2) is 25.3 Å². The minimum atomic E-state index is -0.260. The molecule has 26 heavy (non-hydrogen) atoms. The van der Waals surface area contributed by atoms with Crippen molar-refractivity contribution >= 4 is 43.8 Å². The smallest absolute Gasteiger partial charge is 0.315 e. The monoisotopic (exact) mass is 359 g/mol. The number of thiophene rings is 1. The van der Waals surface area contributed by atoms with Crippen molar-refractivity contribution in [1.82, 2.24) is 20.2 Å². The number of H-pyrrole nitrogens is 1. The normalized spacial score (nSPS) is 11.2. The molecule has 3 aromatic heterocycles. The fraction of sp³-hybridized carbons (Fsp3) is 0. The molecule has 0 saturated heterocycles. The van der Waals surface area contributed by atoms with E-state index in [0.717, 1.165) is 27.0 Å². The summed E-state index contributed by atoms with van der Waals surface area (Å²) in [7, 11) is 0. The summed E-state index contributed by atoms with van der Waals surface area (Å²) in [4.78, 5) is 8.85. The van der Waals surface area contributed by atoms with Crippen LogP contribution in [0.5, 0.6) is 6.01 Å². The van der Waals surface area contributed by atoms with Crippen molar-refractivity contribution in [1.29, 1.82) is 0 Å². The average Bonchev–Trinajstić information content (AvgIpc) is 3.27. The van der Waals surface area contributed by atoms with Gasteiger partial charge in [0.15, 0.2) is 0 Å². The predicted molar refractivity (Wildman–Crippen MR) is 104 cm³/mol. The Morgan fingerprint density at radius 3 is 2.85 bits per heavy atom. The lowest BCUT2D eigenvalue weighted by molar-refractivity contribution is 0.431. The van der Waals surface area contributed by atoms with Gasteiger partial charge in [0.2, 0.25) is 0 Å². The van der Waals surface area contributed by atoms with E-state index in [1.54, 1.807) is 23.6 Å². The van der Waals surface area contributed by atoms with E-state index in [9.17, 15) is 5.11 Å². The first-order valence-corrected chi connectivity index (χ1v) is 8.83. The summed E-state index contributed by atoms with van der Waals surface area (Å²) in [5.74, 6) is 0.530. The molecular weight excluding hydrogens is 346 g/mol. The van der Waals surface area contributed by atoms with Gasteiger partial charge in [0.05, 0.1) is 11.7 Å². The molecule has 0 atom stereocenters. The summed E-state index contributed by atoms with van der Waals surface area (Å²) in [6.45, 7) is 0. The molecule has 3 heterocycles. The standard InChI is InChI=1S/C19H13N5OS/c25-19-20-6-5-17(23-19)22-13-7-12-10-21-24-18(12)14(9-13)16-8-11-3-1-2-4-15(11)26-16/h1-10H,(H,21,24)(H2,20,22,23,25). The molecule has 7 heteroatoms. The maximum absolute atomic E-state index is 9.47. The molecule has 126 valence electrons. The molecule has 6 nitrogen and oxygen atoms in total. The van der Waals surface area contributed by atoms with Crippen LogP contribution < -0.4 is 5.32 Å². The summed E-state index contributed by atoms with van der Waals surface area (Å²) in [6.07, 6.45) is 3.31. The van der Waals surface area contributed by atoms with Gasteiger partial charge in [-0.2, -0.15) is 10.1 Å². The van der Waals surface area contributed by atoms with E-state index in [0.29, 0.717) is 5.82 Å². The Balaban J connectivity index is 1.65. The molecule has 0 aliphatic heterocycles. The quantitative estimate of drug-likeness (QED) is 0.435. The Kier molecular flexibility index (Phi) is 3.32. The van der Waals surface area contributed by atoms with Crippen molar-refractivity contribution in [3.05, 3.63) is 60.9 Å². The number of benzene rings is 2. The van der Waals surface area contributed by atoms with Crippen LogP contribution in [0.15, 0.2) is 60.9 Å². The van der Waals surface area contributed by atoms with Gasteiger partial charge >= 0.3 is 6.01 Å². The predicted octanol–water partition coefficient (Wildman–Crippen LogP) is 4.68. The van der Waals surface area contributed by atoms with Crippen LogP contribution in [0.1, 0.15) is 0 Å². The minimum absolute atomic E-state index is 0.260. The molecule has 0 bridgehead atoms. The van der Waals surface area contributed by atoms with Gasteiger partial charge in [0, 0.05) is 32.4 Å². The van der Waals surface area contributed by atoms with Crippen molar-refractivity contribution in [3.8, 4) is 16.5 Å². The number of hydrogen-bond acceptors (Lipinski definition) is 6. The fourth-order valence-corrected chi connectivity index (χ4v) is 4.09. The Labute approximate surface area is 152 Å². The second-order valence-corrected chi connectivity index (χ2v) is 6.96. The van der Waals surface area contributed by atoms with Gasteiger partial charge in [-0.05, 0) is 35.7 Å². The second-order valence-electron chi connectivity index (χ2n) is 5.87. The van der Waals surface area contributed by atoms with E-state index in [1.165, 1.54) is 16.3 Å². The van der Waals surface area contributed by atoms with Gasteiger partial charge in [0.25, 0.3) is 0 Å². The molecule has 2 aromatic carbocycles. The zero-order valence-corrected chi connectivity index (χ0v) is 14.3. The highest BCUT2D eigenvalue weighted by Gasteiger charge is 2.12. The van der Waals surface area contributed by atoms with Crippen molar-refractivity contribution in [2.75, 3.05) is 5.32 Å². The molecule has 0 unspecified atom stereocenters. The highest BCUT2D eigenvalue weighted by molar-refractivity contribution is 7.22. The topological polar surface area (TPSA) is 86.7 Å². The van der Waals surface area contributed by atoms with Crippen molar-refractivity contribution in [3.63, 3.8) is 0 Å². The molecule has 0 aliphatic carbocycles. The number of nitrogens with zero attached hydrogens (tertiary/aromatic N) is 3. The molecule has 3 N–H and O–H groups in total. The third-order valence-corrected chi connectivity index (χ3v) is 5.30. The van der Waals surface area contributed by atoms with E-state index >= 15 is 0 Å². The van der Waals surface area contributed by atoms with Crippen LogP contribution in [0.4, 0.5) is 11.5 Å². The number of rotatable bonds is 3. The van der Waals surface area contributed by atoms with Gasteiger partial charge in [0.1, 0.15) is 5.82 Å². The van der Waals surface area contributed by atoms with Crippen molar-refractivity contribution in [2.45, 2.75) is 0 Å². The number of aromatic nitrogens is 4. The Bertz CT molecular complexity index is 1210. The molecule has 0 amide bonds. The zero-order chi connectivity index (χ0) is 17.5. The van der Waals surface area contributed by atoms with Crippen LogP contribution in [-0.2, 0) is 0 Å². The lowest BCUT2D eigenvalue weighted by Gasteiger charge is -2.08. The molecule has 0 radical (unpaired) electrons. The minimum Gasteiger partial charge on any atom is -0.479 e. The largest absolute Gasteiger partial charge is 0.479 e. The molecule has 0 fully saturated rings. The van der Waals surface area contributed by atoms with E-state index in [-0.39, 0.29) is 6.01 Å². The van der Waals surface area contributed by atoms with E-state index in [4.69, 9.17) is 0 Å². The molecule has 5 aromatic rings. The van der Waals surface area contributed by atoms with Crippen LogP contribution in [0.3, 0.4) is 0 Å². The first kappa shape index (κ1) is 14.9. The van der Waals surface area contributed by atoms with Gasteiger partial charge in [-0.25, -0.2) is 4.98 Å². The summed E-state index contributed by atoms with van der Waals surface area (Å²) in [6, 6.07) is 16.0. The zero-order valence-electron chi connectivity index (χ0n) is 13.5. The SMILES string of the molecule is Oc1nccc(Nc2cc(-c3cc4ccccc4s3)c3[nH]ncc3c2)n1. The number of hydrogen-bond donors (Lipinski definition) is 3. The van der Waals surface area contributed by atoms with Crippen LogP contribution in [0.2, 0.25) is 0 Å². The lowest BCUT2D eigenvalue weighted by atomic mass is 10.1. The summed E-state index contributed by atoms with van der Waals surface area (Å²) < 4.78 is 1.24. The van der Waals surface area contributed by atoms with E-state index < -0.39 is 0 Å². The maximum Gasteiger partial charge on any atom is 0.315 e. The third-order valence-electron chi connectivity index (χ3n) is 4.16. The van der Waals surface area contributed by atoms with E-state index in [2.05, 4.69) is 49.7 Å². The van der Waals surface area contributed by atoms with Crippen LogP contribution >= 0.6 is 11.3 Å². The first-order valence-electron chi connectivity index (χ1n) is 8.01. The van der Waals surface area contributed by atoms with E-state index in [1.807, 2.05) is 18.2 Å². The molecule has 0 aliphatic rings. The van der Waals surface area contributed by atoms with Gasteiger partial charge < -0.3 is 10.4 Å². The Morgan fingerprint density at radius 2 is 1.96 bits per heavy atom. The van der Waals surface area contributed by atoms with Crippen LogP contribution in [0, 0.1) is 0 Å². The van der Waals surface area contributed by atoms with Gasteiger partial charge in [-0.15, -0.1) is 11.3 Å². The number of fused-ring (bicyclic) bond motifs is 2. The molecule has 0 saturated carbocycles. The van der Waals surface area contributed by atoms with Crippen LogP contribution in [0.25, 0.3) is 31.4 Å². The summed E-state index contributed by atoms with van der Waals surface area (Å²) in [5, 5.41) is 22.2. The van der Waals surface area contributed by atoms with Gasteiger partial charge in [-0.1, -0.05) is 18.2 Å². The molecule has 0 spiro atoms. The fourth-order valence-electron chi connectivity index (χ4n) is 3.00. The number of anilines is 2. The van der Waals surface area contributed by atoms with Gasteiger partial charge in [-0.3, -0.25) is 5.10 Å². The Hall–Kier alpha value is -3.45. The number of aromatic hydroxyl groups is 1. The second kappa shape index (κ2) is 5.82. The maximum atomic E-state index is 9.47.